The highest BCUT2D eigenvalue weighted by Crippen LogP contribution is 2.23. The Morgan fingerprint density at radius 2 is 2.06 bits per heavy atom. The molecule has 1 aliphatic rings. The predicted molar refractivity (Wildman–Crippen MR) is 71.7 cm³/mol. The van der Waals surface area contributed by atoms with Gasteiger partial charge in [-0.15, -0.1) is 11.6 Å². The molecule has 1 aromatic rings. The van der Waals surface area contributed by atoms with Gasteiger partial charge in [0.2, 0.25) is 0 Å². The minimum absolute atomic E-state index is 0.293. The molecule has 18 heavy (non-hydrogen) atoms. The number of rotatable bonds is 4. The smallest absolute Gasteiger partial charge is 0.165 e. The number of methoxy groups -OCH3 is 1. The van der Waals surface area contributed by atoms with Gasteiger partial charge in [-0.25, -0.2) is 4.39 Å². The second kappa shape index (κ2) is 6.39. The highest BCUT2D eigenvalue weighted by molar-refractivity contribution is 6.20. The molecular formula is C14H19ClFNO. The van der Waals surface area contributed by atoms with Crippen LogP contribution in [0.1, 0.15) is 31.2 Å². The van der Waals surface area contributed by atoms with Crippen molar-refractivity contribution in [1.82, 2.24) is 5.32 Å². The number of hydrogen-bond acceptors (Lipinski definition) is 2. The number of hydrogen-bond donors (Lipinski definition) is 1. The van der Waals surface area contributed by atoms with Gasteiger partial charge in [-0.3, -0.25) is 0 Å². The lowest BCUT2D eigenvalue weighted by molar-refractivity contribution is 0.373. The summed E-state index contributed by atoms with van der Waals surface area (Å²) >= 11 is 6.06. The van der Waals surface area contributed by atoms with E-state index in [1.54, 1.807) is 6.07 Å². The molecule has 0 saturated heterocycles. The SMILES string of the molecule is COc1ccc(CNC2CCC(Cl)CC2)cc1F. The lowest BCUT2D eigenvalue weighted by Crippen LogP contribution is -2.32. The monoisotopic (exact) mass is 271 g/mol. The molecule has 0 radical (unpaired) electrons. The Morgan fingerprint density at radius 1 is 1.33 bits per heavy atom. The normalized spacial score (nSPS) is 23.9. The summed E-state index contributed by atoms with van der Waals surface area (Å²) in [6.45, 7) is 0.693. The first-order valence-electron chi connectivity index (χ1n) is 6.39. The molecule has 100 valence electrons. The van der Waals surface area contributed by atoms with Crippen LogP contribution in [0.3, 0.4) is 0 Å². The maximum absolute atomic E-state index is 13.5. The lowest BCUT2D eigenvalue weighted by Gasteiger charge is -2.26. The van der Waals surface area contributed by atoms with E-state index in [-0.39, 0.29) is 5.82 Å². The Hall–Kier alpha value is -0.800. The third kappa shape index (κ3) is 3.59. The molecule has 2 rings (SSSR count). The highest BCUT2D eigenvalue weighted by atomic mass is 35.5. The van der Waals surface area contributed by atoms with Gasteiger partial charge in [0.15, 0.2) is 11.6 Å². The Kier molecular flexibility index (Phi) is 4.84. The second-order valence-electron chi connectivity index (χ2n) is 4.80. The van der Waals surface area contributed by atoms with E-state index in [4.69, 9.17) is 16.3 Å². The zero-order valence-electron chi connectivity index (χ0n) is 10.6. The van der Waals surface area contributed by atoms with Gasteiger partial charge in [-0.1, -0.05) is 6.07 Å². The van der Waals surface area contributed by atoms with Crippen molar-refractivity contribution < 1.29 is 9.13 Å². The molecule has 4 heteroatoms. The molecule has 0 spiro atoms. The van der Waals surface area contributed by atoms with Crippen LogP contribution in [0, 0.1) is 5.82 Å². The molecule has 0 aromatic heterocycles. The number of ether oxygens (including phenoxy) is 1. The van der Waals surface area contributed by atoms with E-state index in [1.807, 2.05) is 6.07 Å². The van der Waals surface area contributed by atoms with Crippen LogP contribution in [0.15, 0.2) is 18.2 Å². The highest BCUT2D eigenvalue weighted by Gasteiger charge is 2.18. The first kappa shape index (κ1) is 13.6. The molecule has 1 aliphatic carbocycles. The van der Waals surface area contributed by atoms with E-state index in [2.05, 4.69) is 5.32 Å². The fraction of sp³-hybridized carbons (Fsp3) is 0.571. The van der Waals surface area contributed by atoms with Crippen molar-refractivity contribution in [1.29, 1.82) is 0 Å². The molecule has 1 fully saturated rings. The largest absolute Gasteiger partial charge is 0.494 e. The molecule has 0 aliphatic heterocycles. The van der Waals surface area contributed by atoms with Gasteiger partial charge < -0.3 is 10.1 Å². The first-order chi connectivity index (χ1) is 8.69. The van der Waals surface area contributed by atoms with Gasteiger partial charge in [0.25, 0.3) is 0 Å². The quantitative estimate of drug-likeness (QED) is 0.847. The zero-order valence-corrected chi connectivity index (χ0v) is 11.3. The number of halogens is 2. The van der Waals surface area contributed by atoms with E-state index in [0.29, 0.717) is 23.7 Å². The maximum Gasteiger partial charge on any atom is 0.165 e. The molecule has 0 atom stereocenters. The molecular weight excluding hydrogens is 253 g/mol. The Balaban J connectivity index is 1.84. The summed E-state index contributed by atoms with van der Waals surface area (Å²) in [5.41, 5.74) is 0.946. The van der Waals surface area contributed by atoms with E-state index in [1.165, 1.54) is 13.2 Å². The van der Waals surface area contributed by atoms with Crippen molar-refractivity contribution in [2.45, 2.75) is 43.6 Å². The summed E-state index contributed by atoms with van der Waals surface area (Å²) in [4.78, 5) is 0. The van der Waals surface area contributed by atoms with Crippen molar-refractivity contribution in [2.75, 3.05) is 7.11 Å². The summed E-state index contributed by atoms with van der Waals surface area (Å²) in [5.74, 6) is -0.0114. The molecule has 1 aromatic carbocycles. The summed E-state index contributed by atoms with van der Waals surface area (Å²) in [6.07, 6.45) is 4.34. The average Bonchev–Trinajstić information content (AvgIpc) is 2.38. The molecule has 0 heterocycles. The number of nitrogens with one attached hydrogen (secondary N) is 1. The van der Waals surface area contributed by atoms with Crippen LogP contribution in [0.4, 0.5) is 4.39 Å². The van der Waals surface area contributed by atoms with E-state index < -0.39 is 0 Å². The topological polar surface area (TPSA) is 21.3 Å². The van der Waals surface area contributed by atoms with Gasteiger partial charge in [0.05, 0.1) is 7.11 Å². The van der Waals surface area contributed by atoms with Crippen molar-refractivity contribution in [2.24, 2.45) is 0 Å². The van der Waals surface area contributed by atoms with Crippen LogP contribution >= 0.6 is 11.6 Å². The average molecular weight is 272 g/mol. The molecule has 1 saturated carbocycles. The summed E-state index contributed by atoms with van der Waals surface area (Å²) in [5, 5.41) is 3.79. The van der Waals surface area contributed by atoms with Crippen LogP contribution in [-0.2, 0) is 6.54 Å². The minimum atomic E-state index is -0.304. The maximum atomic E-state index is 13.5. The summed E-state index contributed by atoms with van der Waals surface area (Å²) < 4.78 is 18.4. The molecule has 2 nitrogen and oxygen atoms in total. The van der Waals surface area contributed by atoms with E-state index in [9.17, 15) is 4.39 Å². The summed E-state index contributed by atoms with van der Waals surface area (Å²) in [7, 11) is 1.47. The predicted octanol–water partition coefficient (Wildman–Crippen LogP) is 3.47. The fourth-order valence-corrected chi connectivity index (χ4v) is 2.59. The fourth-order valence-electron chi connectivity index (χ4n) is 2.34. The lowest BCUT2D eigenvalue weighted by atomic mass is 9.95. The minimum Gasteiger partial charge on any atom is -0.494 e. The summed E-state index contributed by atoms with van der Waals surface area (Å²) in [6, 6.07) is 5.59. The number of benzene rings is 1. The van der Waals surface area contributed by atoms with Gasteiger partial charge in [-0.2, -0.15) is 0 Å². The van der Waals surface area contributed by atoms with E-state index in [0.717, 1.165) is 31.2 Å². The first-order valence-corrected chi connectivity index (χ1v) is 6.82. The van der Waals surface area contributed by atoms with Gasteiger partial charge >= 0.3 is 0 Å². The van der Waals surface area contributed by atoms with Crippen molar-refractivity contribution in [3.63, 3.8) is 0 Å². The number of alkyl halides is 1. The van der Waals surface area contributed by atoms with Crippen LogP contribution < -0.4 is 10.1 Å². The van der Waals surface area contributed by atoms with Gasteiger partial charge in [0.1, 0.15) is 0 Å². The van der Waals surface area contributed by atoms with Crippen LogP contribution in [0.5, 0.6) is 5.75 Å². The Morgan fingerprint density at radius 3 is 2.67 bits per heavy atom. The standard InChI is InChI=1S/C14H19ClFNO/c1-18-14-7-2-10(8-13(14)16)9-17-12-5-3-11(15)4-6-12/h2,7-8,11-12,17H,3-6,9H2,1H3. The van der Waals surface area contributed by atoms with Crippen LogP contribution in [0.25, 0.3) is 0 Å². The van der Waals surface area contributed by atoms with Gasteiger partial charge in [-0.05, 0) is 43.4 Å². The van der Waals surface area contributed by atoms with Crippen LogP contribution in [0.2, 0.25) is 0 Å². The van der Waals surface area contributed by atoms with Crippen molar-refractivity contribution in [3.8, 4) is 5.75 Å². The molecule has 0 amide bonds. The van der Waals surface area contributed by atoms with Crippen molar-refractivity contribution in [3.05, 3.63) is 29.6 Å². The third-order valence-corrected chi connectivity index (χ3v) is 3.90. The molecule has 0 unspecified atom stereocenters. The van der Waals surface area contributed by atoms with Crippen molar-refractivity contribution >= 4 is 11.6 Å². The Labute approximate surface area is 112 Å². The molecule has 0 bridgehead atoms. The van der Waals surface area contributed by atoms with Crippen LogP contribution in [-0.4, -0.2) is 18.5 Å². The third-order valence-electron chi connectivity index (χ3n) is 3.47. The second-order valence-corrected chi connectivity index (χ2v) is 5.42. The van der Waals surface area contributed by atoms with E-state index >= 15 is 0 Å². The van der Waals surface area contributed by atoms with Gasteiger partial charge in [0, 0.05) is 18.0 Å². The zero-order chi connectivity index (χ0) is 13.0. The molecule has 1 N–H and O–H groups in total. The Bertz CT molecular complexity index is 391.